The number of hydrogen-bond acceptors (Lipinski definition) is 4. The van der Waals surface area contributed by atoms with Crippen LogP contribution in [0.5, 0.6) is 11.5 Å². The molecule has 6 rings (SSSR count). The largest absolute Gasteiger partial charge is 0.454 e. The Morgan fingerprint density at radius 3 is 2.40 bits per heavy atom. The number of benzene rings is 1. The molecule has 0 saturated heterocycles. The first-order chi connectivity index (χ1) is 12.1. The molecule has 4 fully saturated rings. The van der Waals surface area contributed by atoms with E-state index >= 15 is 0 Å². The molecule has 0 atom stereocenters. The Bertz CT molecular complexity index is 720. The number of carbonyl (C=O) groups is 1. The van der Waals surface area contributed by atoms with Gasteiger partial charge in [-0.25, -0.2) is 5.43 Å². The zero-order valence-corrected chi connectivity index (χ0v) is 14.6. The van der Waals surface area contributed by atoms with E-state index in [1.807, 2.05) is 0 Å². The summed E-state index contributed by atoms with van der Waals surface area (Å²) in [6.45, 7) is 2.32. The summed E-state index contributed by atoms with van der Waals surface area (Å²) in [4.78, 5) is 12.5. The summed E-state index contributed by atoms with van der Waals surface area (Å²) >= 11 is 0. The van der Waals surface area contributed by atoms with Crippen LogP contribution in [0.1, 0.15) is 55.8 Å². The van der Waals surface area contributed by atoms with Crippen LogP contribution >= 0.6 is 0 Å². The van der Waals surface area contributed by atoms with Crippen LogP contribution in [0, 0.1) is 23.2 Å². The molecular formula is C20H24N2O3. The Morgan fingerprint density at radius 2 is 1.72 bits per heavy atom. The highest BCUT2D eigenvalue weighted by atomic mass is 16.7. The van der Waals surface area contributed by atoms with Crippen molar-refractivity contribution in [2.75, 3.05) is 6.79 Å². The van der Waals surface area contributed by atoms with E-state index in [1.165, 1.54) is 38.5 Å². The van der Waals surface area contributed by atoms with Crippen LogP contribution in [-0.4, -0.2) is 18.4 Å². The fourth-order valence-electron chi connectivity index (χ4n) is 5.91. The van der Waals surface area contributed by atoms with Gasteiger partial charge in [0.2, 0.25) is 6.79 Å². The molecule has 5 aliphatic rings. The van der Waals surface area contributed by atoms with Crippen LogP contribution in [0.15, 0.2) is 23.3 Å². The van der Waals surface area contributed by atoms with E-state index in [9.17, 15) is 4.79 Å². The molecule has 1 heterocycles. The minimum absolute atomic E-state index is 0.192. The molecule has 1 amide bonds. The summed E-state index contributed by atoms with van der Waals surface area (Å²) < 4.78 is 10.6. The van der Waals surface area contributed by atoms with Gasteiger partial charge in [-0.1, -0.05) is 0 Å². The number of nitrogens with one attached hydrogen (secondary N) is 1. The van der Waals surface area contributed by atoms with Gasteiger partial charge < -0.3 is 9.47 Å². The summed E-state index contributed by atoms with van der Waals surface area (Å²) in [6, 6.07) is 5.23. The lowest BCUT2D eigenvalue weighted by Crippen LogP contribution is -2.49. The Hall–Kier alpha value is -2.04. The van der Waals surface area contributed by atoms with Crippen LogP contribution in [0.25, 0.3) is 0 Å². The van der Waals surface area contributed by atoms with Gasteiger partial charge in [-0.15, -0.1) is 0 Å². The van der Waals surface area contributed by atoms with E-state index in [0.717, 1.165) is 23.5 Å². The van der Waals surface area contributed by atoms with Gasteiger partial charge in [0.1, 0.15) is 0 Å². The Labute approximate surface area is 147 Å². The first kappa shape index (κ1) is 15.2. The number of fused-ring (bicyclic) bond motifs is 1. The second-order valence-electron chi connectivity index (χ2n) is 8.40. The third-order valence-electron chi connectivity index (χ3n) is 6.77. The van der Waals surface area contributed by atoms with Gasteiger partial charge >= 0.3 is 0 Å². The van der Waals surface area contributed by atoms with E-state index in [4.69, 9.17) is 9.47 Å². The maximum Gasteiger partial charge on any atom is 0.271 e. The zero-order chi connectivity index (χ0) is 17.0. The van der Waals surface area contributed by atoms with Crippen molar-refractivity contribution in [3.05, 3.63) is 23.8 Å². The van der Waals surface area contributed by atoms with Crippen molar-refractivity contribution in [2.45, 2.75) is 45.4 Å². The average molecular weight is 340 g/mol. The highest BCUT2D eigenvalue weighted by Gasteiger charge is 2.52. The predicted molar refractivity (Wildman–Crippen MR) is 93.7 cm³/mol. The topological polar surface area (TPSA) is 59.9 Å². The SMILES string of the molecule is C/C(=N/NC(=O)c1ccc2c(c1)OCO2)C12CC3CC(CC(C3)C1)C2. The molecule has 1 aromatic rings. The summed E-state index contributed by atoms with van der Waals surface area (Å²) in [6.07, 6.45) is 8.01. The smallest absolute Gasteiger partial charge is 0.271 e. The highest BCUT2D eigenvalue weighted by molar-refractivity contribution is 5.96. The summed E-state index contributed by atoms with van der Waals surface area (Å²) in [5.74, 6) is 3.74. The predicted octanol–water partition coefficient (Wildman–Crippen LogP) is 3.74. The Kier molecular flexibility index (Phi) is 3.34. The first-order valence-corrected chi connectivity index (χ1v) is 9.36. The molecule has 4 bridgehead atoms. The maximum absolute atomic E-state index is 12.5. The first-order valence-electron chi connectivity index (χ1n) is 9.36. The minimum atomic E-state index is -0.192. The van der Waals surface area contributed by atoms with Crippen LogP contribution in [0.4, 0.5) is 0 Å². The van der Waals surface area contributed by atoms with Crippen molar-refractivity contribution >= 4 is 11.6 Å². The molecule has 1 aromatic carbocycles. The summed E-state index contributed by atoms with van der Waals surface area (Å²) in [5, 5.41) is 4.53. The van der Waals surface area contributed by atoms with Gasteiger partial charge in [0.15, 0.2) is 11.5 Å². The summed E-state index contributed by atoms with van der Waals surface area (Å²) in [5.41, 5.74) is 4.66. The molecule has 5 heteroatoms. The molecular weight excluding hydrogens is 316 g/mol. The quantitative estimate of drug-likeness (QED) is 0.673. The van der Waals surface area contributed by atoms with Crippen molar-refractivity contribution in [1.82, 2.24) is 5.43 Å². The third-order valence-corrected chi connectivity index (χ3v) is 6.77. The Morgan fingerprint density at radius 1 is 1.08 bits per heavy atom. The fraction of sp³-hybridized carbons (Fsp3) is 0.600. The highest BCUT2D eigenvalue weighted by Crippen LogP contribution is 2.60. The van der Waals surface area contributed by atoms with Crippen LogP contribution < -0.4 is 14.9 Å². The molecule has 4 saturated carbocycles. The van der Waals surface area contributed by atoms with Gasteiger partial charge in [0, 0.05) is 16.7 Å². The van der Waals surface area contributed by atoms with Gasteiger partial charge in [-0.05, 0) is 81.4 Å². The monoisotopic (exact) mass is 340 g/mol. The van der Waals surface area contributed by atoms with E-state index in [2.05, 4.69) is 17.5 Å². The molecule has 132 valence electrons. The van der Waals surface area contributed by atoms with E-state index in [1.54, 1.807) is 18.2 Å². The number of amides is 1. The average Bonchev–Trinajstić information content (AvgIpc) is 3.05. The van der Waals surface area contributed by atoms with Crippen LogP contribution in [-0.2, 0) is 0 Å². The van der Waals surface area contributed by atoms with E-state index < -0.39 is 0 Å². The molecule has 4 aliphatic carbocycles. The number of rotatable bonds is 3. The zero-order valence-electron chi connectivity index (χ0n) is 14.6. The fourth-order valence-corrected chi connectivity index (χ4v) is 5.91. The van der Waals surface area contributed by atoms with E-state index in [0.29, 0.717) is 17.1 Å². The Balaban J connectivity index is 1.32. The summed E-state index contributed by atoms with van der Waals surface area (Å²) in [7, 11) is 0. The maximum atomic E-state index is 12.5. The molecule has 25 heavy (non-hydrogen) atoms. The number of nitrogens with zero attached hydrogens (tertiary/aromatic N) is 1. The van der Waals surface area contributed by atoms with Gasteiger partial charge in [0.25, 0.3) is 5.91 Å². The van der Waals surface area contributed by atoms with Crippen molar-refractivity contribution in [3.8, 4) is 11.5 Å². The number of carbonyl (C=O) groups excluding carboxylic acids is 1. The van der Waals surface area contributed by atoms with Gasteiger partial charge in [-0.2, -0.15) is 5.10 Å². The molecule has 0 aromatic heterocycles. The van der Waals surface area contributed by atoms with Crippen LogP contribution in [0.2, 0.25) is 0 Å². The third kappa shape index (κ3) is 2.52. The van der Waals surface area contributed by atoms with Crippen LogP contribution in [0.3, 0.4) is 0 Å². The minimum Gasteiger partial charge on any atom is -0.454 e. The number of hydrazone groups is 1. The molecule has 1 aliphatic heterocycles. The molecule has 5 nitrogen and oxygen atoms in total. The molecule has 0 spiro atoms. The number of ether oxygens (including phenoxy) is 2. The van der Waals surface area contributed by atoms with Crippen molar-refractivity contribution in [1.29, 1.82) is 0 Å². The standard InChI is InChI=1S/C20H24N2O3/c1-12(20-8-13-4-14(9-20)6-15(5-13)10-20)21-22-19(23)16-2-3-17-18(7-16)25-11-24-17/h2-3,7,13-15H,4-6,8-11H2,1H3,(H,22,23)/b21-12-. The van der Waals surface area contributed by atoms with Crippen molar-refractivity contribution < 1.29 is 14.3 Å². The lowest BCUT2D eigenvalue weighted by molar-refractivity contribution is -0.0128. The molecule has 1 N–H and O–H groups in total. The normalized spacial score (nSPS) is 35.1. The van der Waals surface area contributed by atoms with Crippen molar-refractivity contribution in [3.63, 3.8) is 0 Å². The van der Waals surface area contributed by atoms with E-state index in [-0.39, 0.29) is 18.1 Å². The van der Waals surface area contributed by atoms with Gasteiger partial charge in [0.05, 0.1) is 0 Å². The number of hydrogen-bond donors (Lipinski definition) is 1. The lowest BCUT2D eigenvalue weighted by Gasteiger charge is -2.56. The van der Waals surface area contributed by atoms with Gasteiger partial charge in [-0.3, -0.25) is 4.79 Å². The second kappa shape index (κ2) is 5.48. The van der Waals surface area contributed by atoms with Crippen molar-refractivity contribution in [2.24, 2.45) is 28.3 Å². The molecule has 0 unspecified atom stereocenters. The molecule has 0 radical (unpaired) electrons. The second-order valence-corrected chi connectivity index (χ2v) is 8.40. The lowest BCUT2D eigenvalue weighted by atomic mass is 9.48.